The van der Waals surface area contributed by atoms with Gasteiger partial charge in [-0.3, -0.25) is 0 Å². The van der Waals surface area contributed by atoms with Crippen LogP contribution in [0, 0.1) is 13.0 Å². The Labute approximate surface area is 91.6 Å². The van der Waals surface area contributed by atoms with Gasteiger partial charge < -0.3 is 0 Å². The quantitative estimate of drug-likeness (QED) is 0.680. The predicted octanol–water partition coefficient (Wildman–Crippen LogP) is 3.95. The molecule has 0 fully saturated rings. The van der Waals surface area contributed by atoms with Crippen molar-refractivity contribution >= 4 is 0 Å². The lowest BCUT2D eigenvalue weighted by Crippen LogP contribution is -1.98. The highest BCUT2D eigenvalue weighted by atomic mass is 14.1. The number of aryl methyl sites for hydroxylation is 1. The smallest absolute Gasteiger partial charge is 0.00697 e. The SMILES string of the molecule is Cc1ccc[c]c1C(C)c1ccccc1. The fourth-order valence-electron chi connectivity index (χ4n) is 1.91. The van der Waals surface area contributed by atoms with Gasteiger partial charge in [-0.1, -0.05) is 55.5 Å². The zero-order valence-corrected chi connectivity index (χ0v) is 9.20. The third-order valence-electron chi connectivity index (χ3n) is 2.84. The summed E-state index contributed by atoms with van der Waals surface area (Å²) < 4.78 is 0. The van der Waals surface area contributed by atoms with Crippen LogP contribution in [0.5, 0.6) is 0 Å². The number of hydrogen-bond donors (Lipinski definition) is 0. The first-order valence-electron chi connectivity index (χ1n) is 5.31. The van der Waals surface area contributed by atoms with Crippen molar-refractivity contribution in [1.29, 1.82) is 0 Å². The molecule has 0 aliphatic carbocycles. The molecule has 0 aliphatic rings. The molecule has 75 valence electrons. The fraction of sp³-hybridized carbons (Fsp3) is 0.200. The summed E-state index contributed by atoms with van der Waals surface area (Å²) in [4.78, 5) is 0. The summed E-state index contributed by atoms with van der Waals surface area (Å²) in [6, 6.07) is 20.1. The van der Waals surface area contributed by atoms with E-state index < -0.39 is 0 Å². The maximum atomic E-state index is 3.33. The molecule has 0 heterocycles. The largest absolute Gasteiger partial charge is 0.0622 e. The van der Waals surface area contributed by atoms with Gasteiger partial charge in [0.25, 0.3) is 0 Å². The van der Waals surface area contributed by atoms with Crippen LogP contribution in [0.2, 0.25) is 0 Å². The molecule has 2 aromatic carbocycles. The average Bonchev–Trinajstić information content (AvgIpc) is 2.30. The van der Waals surface area contributed by atoms with Crippen LogP contribution in [-0.2, 0) is 0 Å². The van der Waals surface area contributed by atoms with Crippen molar-refractivity contribution in [3.05, 3.63) is 71.3 Å². The lowest BCUT2D eigenvalue weighted by atomic mass is 9.90. The van der Waals surface area contributed by atoms with Crippen molar-refractivity contribution in [3.63, 3.8) is 0 Å². The van der Waals surface area contributed by atoms with Crippen LogP contribution in [0.4, 0.5) is 0 Å². The van der Waals surface area contributed by atoms with E-state index in [1.54, 1.807) is 0 Å². The van der Waals surface area contributed by atoms with Crippen molar-refractivity contribution in [2.24, 2.45) is 0 Å². The van der Waals surface area contributed by atoms with Crippen molar-refractivity contribution in [3.8, 4) is 0 Å². The summed E-state index contributed by atoms with van der Waals surface area (Å²) in [5, 5.41) is 0. The van der Waals surface area contributed by atoms with Gasteiger partial charge in [0.15, 0.2) is 0 Å². The van der Waals surface area contributed by atoms with Gasteiger partial charge in [-0.2, -0.15) is 0 Å². The third-order valence-corrected chi connectivity index (χ3v) is 2.84. The fourth-order valence-corrected chi connectivity index (χ4v) is 1.91. The zero-order chi connectivity index (χ0) is 10.7. The molecule has 0 saturated carbocycles. The molecule has 1 unspecified atom stereocenters. The van der Waals surface area contributed by atoms with Crippen LogP contribution in [-0.4, -0.2) is 0 Å². The average molecular weight is 195 g/mol. The Morgan fingerprint density at radius 3 is 2.40 bits per heavy atom. The van der Waals surface area contributed by atoms with Crippen molar-refractivity contribution in [2.75, 3.05) is 0 Å². The van der Waals surface area contributed by atoms with Gasteiger partial charge in [0.05, 0.1) is 0 Å². The van der Waals surface area contributed by atoms with E-state index >= 15 is 0 Å². The van der Waals surface area contributed by atoms with Gasteiger partial charge in [-0.15, -0.1) is 0 Å². The van der Waals surface area contributed by atoms with Gasteiger partial charge in [0.1, 0.15) is 0 Å². The van der Waals surface area contributed by atoms with Crippen molar-refractivity contribution in [2.45, 2.75) is 19.8 Å². The summed E-state index contributed by atoms with van der Waals surface area (Å²) in [5.74, 6) is 0.424. The molecule has 1 atom stereocenters. The van der Waals surface area contributed by atoms with Crippen LogP contribution in [0.25, 0.3) is 0 Å². The molecular weight excluding hydrogens is 180 g/mol. The first-order chi connectivity index (χ1) is 7.29. The second kappa shape index (κ2) is 4.31. The molecule has 0 aliphatic heterocycles. The molecule has 0 spiro atoms. The molecule has 0 N–H and O–H groups in total. The summed E-state index contributed by atoms with van der Waals surface area (Å²) in [6.45, 7) is 4.37. The summed E-state index contributed by atoms with van der Waals surface area (Å²) in [7, 11) is 0. The van der Waals surface area contributed by atoms with Crippen LogP contribution >= 0.6 is 0 Å². The van der Waals surface area contributed by atoms with E-state index in [-0.39, 0.29) is 0 Å². The van der Waals surface area contributed by atoms with E-state index in [0.717, 1.165) is 0 Å². The molecule has 0 amide bonds. The highest BCUT2D eigenvalue weighted by molar-refractivity contribution is 5.35. The molecule has 2 aromatic rings. The molecule has 0 heteroatoms. The van der Waals surface area contributed by atoms with E-state index in [4.69, 9.17) is 0 Å². The molecule has 0 saturated heterocycles. The molecule has 1 radical (unpaired) electrons. The lowest BCUT2D eigenvalue weighted by molar-refractivity contribution is 0.908. The van der Waals surface area contributed by atoms with Gasteiger partial charge in [0, 0.05) is 5.92 Å². The van der Waals surface area contributed by atoms with E-state index in [9.17, 15) is 0 Å². The van der Waals surface area contributed by atoms with Crippen LogP contribution in [0.1, 0.15) is 29.5 Å². The first kappa shape index (κ1) is 9.97. The van der Waals surface area contributed by atoms with Crippen LogP contribution in [0.3, 0.4) is 0 Å². The van der Waals surface area contributed by atoms with Gasteiger partial charge in [0.2, 0.25) is 0 Å². The van der Waals surface area contributed by atoms with Gasteiger partial charge >= 0.3 is 0 Å². The normalized spacial score (nSPS) is 12.4. The number of rotatable bonds is 2. The maximum absolute atomic E-state index is 3.33. The van der Waals surface area contributed by atoms with Crippen molar-refractivity contribution in [1.82, 2.24) is 0 Å². The predicted molar refractivity (Wildman–Crippen MR) is 64.0 cm³/mol. The minimum atomic E-state index is 0.424. The Morgan fingerprint density at radius 2 is 1.73 bits per heavy atom. The van der Waals surface area contributed by atoms with Gasteiger partial charge in [-0.05, 0) is 29.7 Å². The number of hydrogen-bond acceptors (Lipinski definition) is 0. The molecule has 0 aromatic heterocycles. The van der Waals surface area contributed by atoms with E-state index in [0.29, 0.717) is 5.92 Å². The Hall–Kier alpha value is -1.56. The lowest BCUT2D eigenvalue weighted by Gasteiger charge is -2.14. The summed E-state index contributed by atoms with van der Waals surface area (Å²) in [5.41, 5.74) is 3.96. The summed E-state index contributed by atoms with van der Waals surface area (Å²) in [6.07, 6.45) is 0. The topological polar surface area (TPSA) is 0 Å². The minimum Gasteiger partial charge on any atom is -0.0622 e. The monoisotopic (exact) mass is 195 g/mol. The van der Waals surface area contributed by atoms with Gasteiger partial charge in [-0.25, -0.2) is 0 Å². The summed E-state index contributed by atoms with van der Waals surface area (Å²) >= 11 is 0. The molecule has 2 rings (SSSR count). The maximum Gasteiger partial charge on any atom is 0.00697 e. The molecular formula is C15H15. The zero-order valence-electron chi connectivity index (χ0n) is 9.20. The van der Waals surface area contributed by atoms with Crippen molar-refractivity contribution < 1.29 is 0 Å². The first-order valence-corrected chi connectivity index (χ1v) is 5.31. The van der Waals surface area contributed by atoms with E-state index in [1.807, 2.05) is 12.1 Å². The Balaban J connectivity index is 2.37. The van der Waals surface area contributed by atoms with Crippen LogP contribution in [0.15, 0.2) is 48.5 Å². The van der Waals surface area contributed by atoms with E-state index in [2.05, 4.69) is 56.3 Å². The minimum absolute atomic E-state index is 0.424. The molecule has 0 nitrogen and oxygen atoms in total. The Bertz CT molecular complexity index is 429. The standard InChI is InChI=1S/C15H15/c1-12-8-6-7-11-15(12)13(2)14-9-4-3-5-10-14/h3-10,13H,1-2H3. The highest BCUT2D eigenvalue weighted by Gasteiger charge is 2.09. The second-order valence-corrected chi connectivity index (χ2v) is 3.90. The Kier molecular flexibility index (Phi) is 2.86. The highest BCUT2D eigenvalue weighted by Crippen LogP contribution is 2.25. The van der Waals surface area contributed by atoms with Crippen LogP contribution < -0.4 is 0 Å². The number of benzene rings is 2. The van der Waals surface area contributed by atoms with E-state index in [1.165, 1.54) is 16.7 Å². The molecule has 0 bridgehead atoms. The second-order valence-electron chi connectivity index (χ2n) is 3.90. The third kappa shape index (κ3) is 2.10. The Morgan fingerprint density at radius 1 is 1.00 bits per heavy atom. The molecule has 15 heavy (non-hydrogen) atoms.